The smallest absolute Gasteiger partial charge is 0.0657 e. The van der Waals surface area contributed by atoms with Crippen LogP contribution in [-0.2, 0) is 11.2 Å². The molecule has 0 amide bonds. The Hall–Kier alpha value is -0.860. The summed E-state index contributed by atoms with van der Waals surface area (Å²) in [6.45, 7) is 2.97. The summed E-state index contributed by atoms with van der Waals surface area (Å²) in [5.41, 5.74) is 2.85. The zero-order valence-electron chi connectivity index (χ0n) is 8.79. The normalized spacial score (nSPS) is 25.9. The Morgan fingerprint density at radius 3 is 3.00 bits per heavy atom. The molecule has 2 nitrogen and oxygen atoms in total. The van der Waals surface area contributed by atoms with Crippen molar-refractivity contribution in [3.8, 4) is 0 Å². The largest absolute Gasteiger partial charge is 0.383 e. The molecule has 0 aromatic heterocycles. The first-order valence-electron chi connectivity index (χ1n) is 5.14. The van der Waals surface area contributed by atoms with Gasteiger partial charge in [-0.15, -0.1) is 0 Å². The highest BCUT2D eigenvalue weighted by Gasteiger charge is 2.22. The summed E-state index contributed by atoms with van der Waals surface area (Å²) in [6, 6.07) is 9.53. The predicted molar refractivity (Wildman–Crippen MR) is 57.4 cm³/mol. The number of fused-ring (bicyclic) bond motifs is 1. The van der Waals surface area contributed by atoms with E-state index in [0.717, 1.165) is 13.0 Å². The third kappa shape index (κ3) is 1.81. The van der Waals surface area contributed by atoms with Crippen LogP contribution < -0.4 is 5.32 Å². The molecule has 0 aliphatic carbocycles. The van der Waals surface area contributed by atoms with Crippen LogP contribution in [0.2, 0.25) is 0 Å². The standard InChI is InChI=1S/C12H17NO/c1-9-7-10-5-3-4-6-11(10)12(13-9)8-14-2/h3-6,9,12-13H,7-8H2,1-2H3. The van der Waals surface area contributed by atoms with E-state index in [1.807, 2.05) is 0 Å². The average Bonchev–Trinajstić information content (AvgIpc) is 2.18. The fourth-order valence-electron chi connectivity index (χ4n) is 2.19. The maximum absolute atomic E-state index is 5.22. The zero-order chi connectivity index (χ0) is 9.97. The average molecular weight is 191 g/mol. The van der Waals surface area contributed by atoms with E-state index >= 15 is 0 Å². The maximum Gasteiger partial charge on any atom is 0.0657 e. The fourth-order valence-corrected chi connectivity index (χ4v) is 2.19. The minimum absolute atomic E-state index is 0.361. The number of nitrogens with one attached hydrogen (secondary N) is 1. The summed E-state index contributed by atoms with van der Waals surface area (Å²) < 4.78 is 5.22. The molecule has 0 bridgehead atoms. The van der Waals surface area contributed by atoms with Crippen LogP contribution in [0.3, 0.4) is 0 Å². The van der Waals surface area contributed by atoms with Gasteiger partial charge in [-0.25, -0.2) is 0 Å². The van der Waals surface area contributed by atoms with E-state index in [4.69, 9.17) is 4.74 Å². The second-order valence-corrected chi connectivity index (χ2v) is 3.98. The van der Waals surface area contributed by atoms with Crippen molar-refractivity contribution in [2.75, 3.05) is 13.7 Å². The Bertz CT molecular complexity index is 311. The van der Waals surface area contributed by atoms with Crippen LogP contribution in [0.1, 0.15) is 24.1 Å². The van der Waals surface area contributed by atoms with E-state index in [1.54, 1.807) is 7.11 Å². The zero-order valence-corrected chi connectivity index (χ0v) is 8.79. The van der Waals surface area contributed by atoms with E-state index in [1.165, 1.54) is 11.1 Å². The summed E-state index contributed by atoms with van der Waals surface area (Å²) in [4.78, 5) is 0. The van der Waals surface area contributed by atoms with Crippen molar-refractivity contribution >= 4 is 0 Å². The van der Waals surface area contributed by atoms with Gasteiger partial charge in [0.2, 0.25) is 0 Å². The molecule has 1 aliphatic heterocycles. The van der Waals surface area contributed by atoms with Crippen molar-refractivity contribution in [1.82, 2.24) is 5.32 Å². The molecular formula is C12H17NO. The monoisotopic (exact) mass is 191 g/mol. The van der Waals surface area contributed by atoms with Crippen LogP contribution in [-0.4, -0.2) is 19.8 Å². The van der Waals surface area contributed by atoms with Gasteiger partial charge in [-0.3, -0.25) is 0 Å². The van der Waals surface area contributed by atoms with E-state index in [2.05, 4.69) is 36.5 Å². The second kappa shape index (κ2) is 4.11. The third-order valence-electron chi connectivity index (χ3n) is 2.78. The summed E-state index contributed by atoms with van der Waals surface area (Å²) >= 11 is 0. The summed E-state index contributed by atoms with van der Waals surface area (Å²) in [5.74, 6) is 0. The fraction of sp³-hybridized carbons (Fsp3) is 0.500. The van der Waals surface area contributed by atoms with Gasteiger partial charge in [0.1, 0.15) is 0 Å². The molecule has 1 aliphatic rings. The van der Waals surface area contributed by atoms with Crippen molar-refractivity contribution < 1.29 is 4.74 Å². The number of rotatable bonds is 2. The molecular weight excluding hydrogens is 174 g/mol. The number of ether oxygens (including phenoxy) is 1. The van der Waals surface area contributed by atoms with Gasteiger partial charge in [0, 0.05) is 13.2 Å². The highest BCUT2D eigenvalue weighted by Crippen LogP contribution is 2.24. The molecule has 14 heavy (non-hydrogen) atoms. The lowest BCUT2D eigenvalue weighted by atomic mass is 9.91. The van der Waals surface area contributed by atoms with Crippen molar-refractivity contribution in [2.45, 2.75) is 25.4 Å². The van der Waals surface area contributed by atoms with Crippen LogP contribution in [0, 0.1) is 0 Å². The highest BCUT2D eigenvalue weighted by molar-refractivity contribution is 5.33. The summed E-state index contributed by atoms with van der Waals surface area (Å²) in [7, 11) is 1.75. The van der Waals surface area contributed by atoms with Crippen LogP contribution >= 0.6 is 0 Å². The molecule has 2 heteroatoms. The Kier molecular flexibility index (Phi) is 2.85. The van der Waals surface area contributed by atoms with Gasteiger partial charge in [-0.2, -0.15) is 0 Å². The molecule has 0 fully saturated rings. The van der Waals surface area contributed by atoms with Gasteiger partial charge < -0.3 is 10.1 Å². The Labute approximate surface area is 85.3 Å². The quantitative estimate of drug-likeness (QED) is 0.771. The molecule has 2 rings (SSSR count). The minimum Gasteiger partial charge on any atom is -0.383 e. The molecule has 2 atom stereocenters. The molecule has 76 valence electrons. The van der Waals surface area contributed by atoms with Crippen molar-refractivity contribution in [2.24, 2.45) is 0 Å². The molecule has 1 heterocycles. The topological polar surface area (TPSA) is 21.3 Å². The number of hydrogen-bond acceptors (Lipinski definition) is 2. The summed E-state index contributed by atoms with van der Waals surface area (Å²) in [6.07, 6.45) is 1.12. The van der Waals surface area contributed by atoms with E-state index < -0.39 is 0 Å². The van der Waals surface area contributed by atoms with Gasteiger partial charge in [0.15, 0.2) is 0 Å². The van der Waals surface area contributed by atoms with Gasteiger partial charge in [0.05, 0.1) is 12.6 Å². The first kappa shape index (κ1) is 9.69. The summed E-state index contributed by atoms with van der Waals surface area (Å²) in [5, 5.41) is 3.55. The lowest BCUT2D eigenvalue weighted by Crippen LogP contribution is -2.39. The highest BCUT2D eigenvalue weighted by atomic mass is 16.5. The predicted octanol–water partition coefficient (Wildman–Crippen LogP) is 1.91. The molecule has 0 saturated carbocycles. The first-order valence-corrected chi connectivity index (χ1v) is 5.14. The maximum atomic E-state index is 5.22. The Morgan fingerprint density at radius 1 is 1.43 bits per heavy atom. The van der Waals surface area contributed by atoms with E-state index in [-0.39, 0.29) is 0 Å². The number of methoxy groups -OCH3 is 1. The van der Waals surface area contributed by atoms with Crippen LogP contribution in [0.15, 0.2) is 24.3 Å². The number of benzene rings is 1. The molecule has 0 radical (unpaired) electrons. The first-order chi connectivity index (χ1) is 6.81. The van der Waals surface area contributed by atoms with Gasteiger partial charge in [-0.05, 0) is 24.5 Å². The van der Waals surface area contributed by atoms with Crippen LogP contribution in [0.4, 0.5) is 0 Å². The molecule has 1 N–H and O–H groups in total. The third-order valence-corrected chi connectivity index (χ3v) is 2.78. The molecule has 2 unspecified atom stereocenters. The van der Waals surface area contributed by atoms with E-state index in [0.29, 0.717) is 12.1 Å². The van der Waals surface area contributed by atoms with Crippen LogP contribution in [0.5, 0.6) is 0 Å². The van der Waals surface area contributed by atoms with Crippen molar-refractivity contribution in [3.05, 3.63) is 35.4 Å². The van der Waals surface area contributed by atoms with Gasteiger partial charge in [-0.1, -0.05) is 24.3 Å². The lowest BCUT2D eigenvalue weighted by molar-refractivity contribution is 0.158. The number of hydrogen-bond donors (Lipinski definition) is 1. The molecule has 0 spiro atoms. The van der Waals surface area contributed by atoms with Crippen LogP contribution in [0.25, 0.3) is 0 Å². The second-order valence-electron chi connectivity index (χ2n) is 3.98. The van der Waals surface area contributed by atoms with E-state index in [9.17, 15) is 0 Å². The Balaban J connectivity index is 2.28. The SMILES string of the molecule is COCC1NC(C)Cc2ccccc21. The Morgan fingerprint density at radius 2 is 2.21 bits per heavy atom. The minimum atomic E-state index is 0.361. The van der Waals surface area contributed by atoms with Crippen molar-refractivity contribution in [1.29, 1.82) is 0 Å². The molecule has 1 aromatic rings. The molecule has 0 saturated heterocycles. The van der Waals surface area contributed by atoms with Gasteiger partial charge >= 0.3 is 0 Å². The van der Waals surface area contributed by atoms with Gasteiger partial charge in [0.25, 0.3) is 0 Å². The van der Waals surface area contributed by atoms with Crippen molar-refractivity contribution in [3.63, 3.8) is 0 Å². The molecule has 1 aromatic carbocycles. The lowest BCUT2D eigenvalue weighted by Gasteiger charge is -2.30.